The third-order valence-corrected chi connectivity index (χ3v) is 1.59. The zero-order chi connectivity index (χ0) is 9.26. The molecule has 0 aromatic carbocycles. The number of aliphatic hydroxyl groups excluding tert-OH is 1. The standard InChI is InChI=1S/C8H6N2O3/c11-6-4-5(8(12)13-6)7-9-2-1-3-10-7/h1-4,8,12H. The summed E-state index contributed by atoms with van der Waals surface area (Å²) in [4.78, 5) is 18.5. The third kappa shape index (κ3) is 1.41. The third-order valence-electron chi connectivity index (χ3n) is 1.59. The summed E-state index contributed by atoms with van der Waals surface area (Å²) in [6.45, 7) is 0. The number of aliphatic hydroxyl groups is 1. The van der Waals surface area contributed by atoms with E-state index in [0.717, 1.165) is 0 Å². The van der Waals surface area contributed by atoms with Gasteiger partial charge in [-0.15, -0.1) is 0 Å². The number of carbonyl (C=O) groups excluding carboxylic acids is 1. The summed E-state index contributed by atoms with van der Waals surface area (Å²) in [6, 6.07) is 1.65. The topological polar surface area (TPSA) is 72.3 Å². The first-order valence-corrected chi connectivity index (χ1v) is 3.65. The van der Waals surface area contributed by atoms with Gasteiger partial charge in [-0.2, -0.15) is 0 Å². The van der Waals surface area contributed by atoms with Gasteiger partial charge in [0.15, 0.2) is 5.82 Å². The lowest BCUT2D eigenvalue weighted by molar-refractivity contribution is -0.149. The Balaban J connectivity index is 2.37. The number of nitrogens with zero attached hydrogens (tertiary/aromatic N) is 2. The molecule has 2 heterocycles. The molecule has 66 valence electrons. The molecule has 0 saturated carbocycles. The van der Waals surface area contributed by atoms with E-state index in [1.54, 1.807) is 6.07 Å². The highest BCUT2D eigenvalue weighted by Crippen LogP contribution is 2.20. The molecule has 0 spiro atoms. The van der Waals surface area contributed by atoms with Gasteiger partial charge in [-0.1, -0.05) is 0 Å². The fourth-order valence-corrected chi connectivity index (χ4v) is 1.03. The van der Waals surface area contributed by atoms with Crippen LogP contribution in [0.3, 0.4) is 0 Å². The summed E-state index contributed by atoms with van der Waals surface area (Å²) in [7, 11) is 0. The molecular weight excluding hydrogens is 172 g/mol. The average Bonchev–Trinajstić information content (AvgIpc) is 2.47. The SMILES string of the molecule is O=C1C=C(c2ncccn2)C(O)O1. The van der Waals surface area contributed by atoms with Crippen molar-refractivity contribution in [1.29, 1.82) is 0 Å². The molecule has 13 heavy (non-hydrogen) atoms. The van der Waals surface area contributed by atoms with E-state index in [0.29, 0.717) is 11.4 Å². The van der Waals surface area contributed by atoms with E-state index in [-0.39, 0.29) is 0 Å². The van der Waals surface area contributed by atoms with Crippen LogP contribution in [0, 0.1) is 0 Å². The van der Waals surface area contributed by atoms with Crippen molar-refractivity contribution in [3.05, 3.63) is 30.4 Å². The Labute approximate surface area is 73.7 Å². The minimum atomic E-state index is -1.24. The van der Waals surface area contributed by atoms with Gasteiger partial charge >= 0.3 is 5.97 Å². The number of esters is 1. The molecule has 2 rings (SSSR count). The summed E-state index contributed by atoms with van der Waals surface area (Å²) < 4.78 is 4.47. The molecule has 0 fully saturated rings. The highest BCUT2D eigenvalue weighted by molar-refractivity contribution is 5.95. The van der Waals surface area contributed by atoms with Gasteiger partial charge in [-0.25, -0.2) is 14.8 Å². The molecule has 5 nitrogen and oxygen atoms in total. The van der Waals surface area contributed by atoms with Crippen LogP contribution in [-0.4, -0.2) is 27.3 Å². The maximum absolute atomic E-state index is 10.7. The van der Waals surface area contributed by atoms with Crippen LogP contribution < -0.4 is 0 Å². The van der Waals surface area contributed by atoms with Crippen LogP contribution >= 0.6 is 0 Å². The number of hydrogen-bond acceptors (Lipinski definition) is 5. The first-order chi connectivity index (χ1) is 6.27. The van der Waals surface area contributed by atoms with Crippen molar-refractivity contribution in [3.63, 3.8) is 0 Å². The number of cyclic esters (lactones) is 1. The Bertz CT molecular complexity index is 361. The normalized spacial score (nSPS) is 21.2. The summed E-state index contributed by atoms with van der Waals surface area (Å²) in [5.74, 6) is -0.268. The molecule has 0 aliphatic carbocycles. The van der Waals surface area contributed by atoms with Crippen molar-refractivity contribution in [2.75, 3.05) is 0 Å². The lowest BCUT2D eigenvalue weighted by Crippen LogP contribution is -2.10. The Morgan fingerprint density at radius 2 is 2.08 bits per heavy atom. The molecule has 1 aromatic heterocycles. The number of carbonyl (C=O) groups is 1. The summed E-state index contributed by atoms with van der Waals surface area (Å²) in [5.41, 5.74) is 0.297. The Kier molecular flexibility index (Phi) is 1.79. The lowest BCUT2D eigenvalue weighted by Gasteiger charge is -2.04. The average molecular weight is 178 g/mol. The molecule has 1 aliphatic rings. The number of rotatable bonds is 1. The Morgan fingerprint density at radius 3 is 2.62 bits per heavy atom. The van der Waals surface area contributed by atoms with Crippen LogP contribution in [0.4, 0.5) is 0 Å². The molecule has 0 saturated heterocycles. The summed E-state index contributed by atoms with van der Waals surface area (Å²) in [6.07, 6.45) is 2.99. The van der Waals surface area contributed by atoms with Crippen LogP contribution in [0.5, 0.6) is 0 Å². The zero-order valence-electron chi connectivity index (χ0n) is 6.54. The number of aromatic nitrogens is 2. The van der Waals surface area contributed by atoms with Gasteiger partial charge in [0.2, 0.25) is 6.29 Å². The molecule has 1 N–H and O–H groups in total. The molecule has 1 aliphatic heterocycles. The Hall–Kier alpha value is -1.75. The van der Waals surface area contributed by atoms with E-state index < -0.39 is 12.3 Å². The van der Waals surface area contributed by atoms with Gasteiger partial charge < -0.3 is 9.84 Å². The maximum atomic E-state index is 10.7. The van der Waals surface area contributed by atoms with Crippen molar-refractivity contribution in [2.45, 2.75) is 6.29 Å². The van der Waals surface area contributed by atoms with Crippen LogP contribution in [0.25, 0.3) is 5.57 Å². The highest BCUT2D eigenvalue weighted by Gasteiger charge is 2.26. The largest absolute Gasteiger partial charge is 0.428 e. The predicted molar refractivity (Wildman–Crippen MR) is 42.1 cm³/mol. The molecule has 0 amide bonds. The maximum Gasteiger partial charge on any atom is 0.333 e. The van der Waals surface area contributed by atoms with Gasteiger partial charge in [0.05, 0.1) is 5.57 Å². The second-order valence-corrected chi connectivity index (χ2v) is 2.46. The second-order valence-electron chi connectivity index (χ2n) is 2.46. The van der Waals surface area contributed by atoms with Crippen molar-refractivity contribution in [1.82, 2.24) is 9.97 Å². The van der Waals surface area contributed by atoms with Gasteiger partial charge in [0.1, 0.15) is 0 Å². The fraction of sp³-hybridized carbons (Fsp3) is 0.125. The molecule has 1 atom stereocenters. The molecule has 0 radical (unpaired) electrons. The van der Waals surface area contributed by atoms with E-state index in [2.05, 4.69) is 14.7 Å². The zero-order valence-corrected chi connectivity index (χ0v) is 6.54. The van der Waals surface area contributed by atoms with E-state index >= 15 is 0 Å². The monoisotopic (exact) mass is 178 g/mol. The minimum Gasteiger partial charge on any atom is -0.428 e. The van der Waals surface area contributed by atoms with Gasteiger partial charge in [0.25, 0.3) is 0 Å². The second kappa shape index (κ2) is 2.95. The Morgan fingerprint density at radius 1 is 1.38 bits per heavy atom. The molecule has 0 bridgehead atoms. The smallest absolute Gasteiger partial charge is 0.333 e. The van der Waals surface area contributed by atoms with E-state index in [1.165, 1.54) is 18.5 Å². The van der Waals surface area contributed by atoms with Gasteiger partial charge in [0, 0.05) is 18.5 Å². The van der Waals surface area contributed by atoms with E-state index in [4.69, 9.17) is 0 Å². The van der Waals surface area contributed by atoms with Crippen LogP contribution in [0.2, 0.25) is 0 Å². The molecular formula is C8H6N2O3. The van der Waals surface area contributed by atoms with Crippen LogP contribution in [0.15, 0.2) is 24.5 Å². The van der Waals surface area contributed by atoms with Crippen molar-refractivity contribution in [2.24, 2.45) is 0 Å². The quantitative estimate of drug-likeness (QED) is 0.599. The summed E-state index contributed by atoms with van der Waals surface area (Å²) in [5, 5.41) is 9.22. The van der Waals surface area contributed by atoms with Gasteiger partial charge in [-0.05, 0) is 6.07 Å². The lowest BCUT2D eigenvalue weighted by atomic mass is 10.2. The van der Waals surface area contributed by atoms with Crippen molar-refractivity contribution < 1.29 is 14.6 Å². The highest BCUT2D eigenvalue weighted by atomic mass is 16.6. The van der Waals surface area contributed by atoms with E-state index in [9.17, 15) is 9.90 Å². The van der Waals surface area contributed by atoms with Crippen molar-refractivity contribution >= 4 is 11.5 Å². The minimum absolute atomic E-state index is 0.297. The molecule has 5 heteroatoms. The van der Waals surface area contributed by atoms with Crippen molar-refractivity contribution in [3.8, 4) is 0 Å². The summed E-state index contributed by atoms with van der Waals surface area (Å²) >= 11 is 0. The van der Waals surface area contributed by atoms with Gasteiger partial charge in [-0.3, -0.25) is 0 Å². The first kappa shape index (κ1) is 7.88. The predicted octanol–water partition coefficient (Wildman–Crippen LogP) is -0.265. The molecule has 1 unspecified atom stereocenters. The van der Waals surface area contributed by atoms with Crippen LogP contribution in [-0.2, 0) is 9.53 Å². The van der Waals surface area contributed by atoms with E-state index in [1.807, 2.05) is 0 Å². The number of hydrogen-bond donors (Lipinski definition) is 1. The number of ether oxygens (including phenoxy) is 1. The first-order valence-electron chi connectivity index (χ1n) is 3.65. The molecule has 1 aromatic rings. The fourth-order valence-electron chi connectivity index (χ4n) is 1.03. The van der Waals surface area contributed by atoms with Crippen LogP contribution in [0.1, 0.15) is 5.82 Å².